The maximum atomic E-state index is 16.1. The van der Waals surface area contributed by atoms with Crippen molar-refractivity contribution in [2.24, 2.45) is 63.4 Å². The highest BCUT2D eigenvalue weighted by Gasteiger charge is 2.94. The molecule has 0 aromatic heterocycles. The standard InChI is InChI=1S/C55H71N3O5/c1-4-52(3)19-17-35-25-40-31(2)22-36-15-16-42-37-23-33-28-57(30-37)38(24-32-10-6-5-7-11-32)26-43(59)49-53-20-18-39(46(40)48(36)58(42)29-33)47(35)54(53,51(61)62-49)44(27-52)55(53)41-14-8-12-34(13-9-21-56)45(41)50(60)63-55/h8,12,14,25,31-33,37-38,40,42,44,46,59H,4-7,9-11,13,15-24,26-30,56H2,1-3H3/b49-43+/t31-,33+,37-,38+,40+,42+,44-,46+,52-,53+,54+,55+/m0/s1. The number of carbonyl (C=O) groups is 2. The monoisotopic (exact) mass is 854 g/mol. The summed E-state index contributed by atoms with van der Waals surface area (Å²) in [6.07, 6.45) is 22.2. The molecule has 16 rings (SSSR count). The van der Waals surface area contributed by atoms with Gasteiger partial charge >= 0.3 is 11.9 Å². The lowest BCUT2D eigenvalue weighted by molar-refractivity contribution is -0.283. The minimum atomic E-state index is -1.14. The number of ether oxygens (including phenoxy) is 2. The van der Waals surface area contributed by atoms with Crippen molar-refractivity contribution >= 4 is 11.9 Å². The number of fused-ring (bicyclic) bond motifs is 3. The number of aliphatic hydroxyl groups is 1. The third kappa shape index (κ3) is 4.97. The van der Waals surface area contributed by atoms with Gasteiger partial charge in [0.25, 0.3) is 0 Å². The van der Waals surface area contributed by atoms with Gasteiger partial charge in [-0.05, 0) is 135 Å². The van der Waals surface area contributed by atoms with Gasteiger partial charge in [0.05, 0.1) is 11.0 Å². The lowest BCUT2D eigenvalue weighted by Crippen LogP contribution is -2.78. The SMILES string of the molecule is CC[C@@]1(C)CCC2=C[C@H]3[C@H]4C5=C2[C@]26C(=O)O/C(=C(/O)C[C@@H](CC7CCCCC7)N7C[C@H]8C[C@@H](C7)[C@H]7CCC(=C4N7C8)C[C@@H]3C)[C@@]2(CC5)[C@]2(OC(=O)c3c(CCCN)cccc32)[C@H]6C1. The molecule has 3 saturated heterocycles. The van der Waals surface area contributed by atoms with E-state index in [2.05, 4.69) is 54.8 Å². The van der Waals surface area contributed by atoms with Crippen molar-refractivity contribution < 1.29 is 24.2 Å². The molecule has 9 heterocycles. The fourth-order valence-electron chi connectivity index (χ4n) is 18.2. The molecular formula is C55H71N3O5. The van der Waals surface area contributed by atoms with Crippen molar-refractivity contribution in [2.75, 3.05) is 26.2 Å². The molecule has 1 aromatic rings. The van der Waals surface area contributed by atoms with Crippen LogP contribution in [0.2, 0.25) is 0 Å². The second-order valence-electron chi connectivity index (χ2n) is 23.6. The summed E-state index contributed by atoms with van der Waals surface area (Å²) in [4.78, 5) is 36.9. The van der Waals surface area contributed by atoms with Gasteiger partial charge in [-0.3, -0.25) is 9.69 Å². The molecule has 1 unspecified atom stereocenters. The maximum Gasteiger partial charge on any atom is 0.339 e. The van der Waals surface area contributed by atoms with E-state index in [0.29, 0.717) is 72.8 Å². The van der Waals surface area contributed by atoms with E-state index in [0.717, 1.165) is 75.7 Å². The Bertz CT molecular complexity index is 2320. The lowest BCUT2D eigenvalue weighted by atomic mass is 9.27. The molecule has 1 aromatic carbocycles. The Morgan fingerprint density at radius 3 is 2.68 bits per heavy atom. The number of esters is 2. The molecule has 13 atom stereocenters. The van der Waals surface area contributed by atoms with Crippen LogP contribution in [0.4, 0.5) is 0 Å². The third-order valence-electron chi connectivity index (χ3n) is 20.9. The van der Waals surface area contributed by atoms with Crippen molar-refractivity contribution in [1.82, 2.24) is 9.80 Å². The summed E-state index contributed by atoms with van der Waals surface area (Å²) in [6, 6.07) is 7.05. The van der Waals surface area contributed by atoms with E-state index < -0.39 is 16.4 Å². The number of nitrogens with two attached hydrogens (primary N) is 1. The average Bonchev–Trinajstić information content (AvgIpc) is 3.74. The fraction of sp³-hybridized carbons (Fsp3) is 0.709. The molecule has 8 heteroatoms. The van der Waals surface area contributed by atoms with Crippen molar-refractivity contribution in [1.29, 1.82) is 0 Å². The minimum absolute atomic E-state index is 0.0914. The van der Waals surface area contributed by atoms with E-state index in [1.54, 1.807) is 11.3 Å². The van der Waals surface area contributed by atoms with Gasteiger partial charge in [-0.1, -0.05) is 94.7 Å². The second kappa shape index (κ2) is 13.8. The number of piperidine rings is 2. The van der Waals surface area contributed by atoms with Crippen LogP contribution in [0.5, 0.6) is 0 Å². The summed E-state index contributed by atoms with van der Waals surface area (Å²) >= 11 is 0. The molecule has 3 N–H and O–H groups in total. The predicted octanol–water partition coefficient (Wildman–Crippen LogP) is 10.2. The summed E-state index contributed by atoms with van der Waals surface area (Å²) in [7, 11) is 0. The Morgan fingerprint density at radius 1 is 1.00 bits per heavy atom. The number of hydrogen-bond acceptors (Lipinski definition) is 8. The Labute approximate surface area is 375 Å². The van der Waals surface area contributed by atoms with E-state index in [1.807, 2.05) is 0 Å². The van der Waals surface area contributed by atoms with Gasteiger partial charge in [-0.25, -0.2) is 4.79 Å². The fourth-order valence-corrected chi connectivity index (χ4v) is 18.2. The summed E-state index contributed by atoms with van der Waals surface area (Å²) in [5.41, 5.74) is 12.8. The van der Waals surface area contributed by atoms with Crippen molar-refractivity contribution in [3.63, 3.8) is 0 Å². The molecule has 0 amide bonds. The van der Waals surface area contributed by atoms with E-state index in [9.17, 15) is 9.90 Å². The van der Waals surface area contributed by atoms with Crippen LogP contribution in [0.1, 0.15) is 158 Å². The molecule has 9 aliphatic heterocycles. The molecule has 8 nitrogen and oxygen atoms in total. The number of nitrogens with zero attached hydrogens (tertiary/aromatic N) is 2. The Balaban J connectivity index is 1.10. The van der Waals surface area contributed by atoms with Crippen LogP contribution in [0.25, 0.3) is 0 Å². The molecule has 336 valence electrons. The highest BCUT2D eigenvalue weighted by atomic mass is 16.6. The lowest BCUT2D eigenvalue weighted by Gasteiger charge is -2.73. The van der Waals surface area contributed by atoms with Crippen LogP contribution < -0.4 is 5.73 Å². The van der Waals surface area contributed by atoms with Gasteiger partial charge in [0.1, 0.15) is 11.2 Å². The van der Waals surface area contributed by atoms with Crippen LogP contribution in [0, 0.1) is 57.7 Å². The average molecular weight is 854 g/mol. The number of benzene rings is 1. The smallest absolute Gasteiger partial charge is 0.339 e. The van der Waals surface area contributed by atoms with Crippen molar-refractivity contribution in [3.05, 3.63) is 80.5 Å². The first kappa shape index (κ1) is 40.0. The van der Waals surface area contributed by atoms with E-state index in [1.165, 1.54) is 74.5 Å². The first-order valence-corrected chi connectivity index (χ1v) is 25.9. The second-order valence-corrected chi connectivity index (χ2v) is 23.6. The van der Waals surface area contributed by atoms with E-state index >= 15 is 4.79 Å². The Hall–Kier alpha value is -3.36. The molecule has 6 aliphatic carbocycles. The van der Waals surface area contributed by atoms with Crippen LogP contribution in [0.15, 0.2) is 63.8 Å². The molecule has 15 aliphatic rings. The molecule has 3 spiro atoms. The van der Waals surface area contributed by atoms with E-state index in [4.69, 9.17) is 15.2 Å². The topological polar surface area (TPSA) is 105 Å². The van der Waals surface area contributed by atoms with Crippen LogP contribution in [-0.2, 0) is 26.3 Å². The molecule has 0 radical (unpaired) electrons. The van der Waals surface area contributed by atoms with E-state index in [-0.39, 0.29) is 41.0 Å². The Kier molecular flexibility index (Phi) is 8.78. The zero-order valence-electron chi connectivity index (χ0n) is 38.3. The number of aliphatic hydroxyl groups excluding tert-OH is 1. The number of allylic oxidation sites excluding steroid dienone is 4. The summed E-state index contributed by atoms with van der Waals surface area (Å²) in [6.45, 7) is 11.1. The van der Waals surface area contributed by atoms with Gasteiger partial charge in [-0.15, -0.1) is 0 Å². The maximum absolute atomic E-state index is 16.1. The van der Waals surface area contributed by atoms with Gasteiger partial charge < -0.3 is 25.2 Å². The summed E-state index contributed by atoms with van der Waals surface area (Å²) < 4.78 is 14.3. The zero-order valence-corrected chi connectivity index (χ0v) is 38.3. The summed E-state index contributed by atoms with van der Waals surface area (Å²) in [5, 5.41) is 13.3. The number of aryl methyl sites for hydroxylation is 1. The molecule has 63 heavy (non-hydrogen) atoms. The quantitative estimate of drug-likeness (QED) is 0.273. The van der Waals surface area contributed by atoms with Crippen molar-refractivity contribution in [3.8, 4) is 0 Å². The van der Waals surface area contributed by atoms with Crippen molar-refractivity contribution in [2.45, 2.75) is 160 Å². The van der Waals surface area contributed by atoms with Gasteiger partial charge in [0.15, 0.2) is 11.4 Å². The normalized spacial score (nSPS) is 45.4. The summed E-state index contributed by atoms with van der Waals surface area (Å²) in [5.74, 6) is 2.92. The molecular weight excluding hydrogens is 783 g/mol. The first-order chi connectivity index (χ1) is 30.6. The number of hydrogen-bond donors (Lipinski definition) is 2. The number of carbonyl (C=O) groups excluding carboxylic acids is 2. The number of rotatable bonds is 6. The largest absolute Gasteiger partial charge is 0.509 e. The zero-order chi connectivity index (χ0) is 42.8. The van der Waals surface area contributed by atoms with Crippen LogP contribution >= 0.6 is 0 Å². The van der Waals surface area contributed by atoms with Gasteiger partial charge in [0, 0.05) is 61.2 Å². The highest BCUT2D eigenvalue weighted by Crippen LogP contribution is 2.88. The Morgan fingerprint density at radius 2 is 1.86 bits per heavy atom. The van der Waals surface area contributed by atoms with Crippen LogP contribution in [0.3, 0.4) is 0 Å². The van der Waals surface area contributed by atoms with Gasteiger partial charge in [0.2, 0.25) is 0 Å². The van der Waals surface area contributed by atoms with Gasteiger partial charge in [-0.2, -0.15) is 0 Å². The highest BCUT2D eigenvalue weighted by molar-refractivity contribution is 6.01. The molecule has 6 fully saturated rings. The minimum Gasteiger partial charge on any atom is -0.509 e. The molecule has 12 bridgehead atoms. The third-order valence-corrected chi connectivity index (χ3v) is 20.9. The first-order valence-electron chi connectivity index (χ1n) is 25.9. The van der Waals surface area contributed by atoms with Crippen LogP contribution in [-0.4, -0.2) is 65.1 Å². The molecule has 3 saturated carbocycles. The predicted molar refractivity (Wildman–Crippen MR) is 242 cm³/mol.